The van der Waals surface area contributed by atoms with Crippen LogP contribution < -0.4 is 9.64 Å². The quantitative estimate of drug-likeness (QED) is 0.616. The summed E-state index contributed by atoms with van der Waals surface area (Å²) in [6.45, 7) is 16.0. The summed E-state index contributed by atoms with van der Waals surface area (Å²) in [5, 5.41) is 1.15. The monoisotopic (exact) mass is 437 g/mol. The second kappa shape index (κ2) is 9.00. The van der Waals surface area contributed by atoms with Crippen LogP contribution in [0.25, 0.3) is 10.9 Å². The maximum atomic E-state index is 12.4. The Hall–Kier alpha value is -2.76. The van der Waals surface area contributed by atoms with Gasteiger partial charge in [-0.2, -0.15) is 0 Å². The molecule has 1 aromatic heterocycles. The van der Waals surface area contributed by atoms with Crippen LogP contribution in [0.2, 0.25) is 0 Å². The molecule has 0 spiro atoms. The van der Waals surface area contributed by atoms with E-state index in [1.54, 1.807) is 0 Å². The molecule has 0 N–H and O–H groups in total. The zero-order chi connectivity index (χ0) is 22.9. The first-order chi connectivity index (χ1) is 15.2. The molecule has 1 fully saturated rings. The third kappa shape index (κ3) is 4.84. The van der Waals surface area contributed by atoms with Crippen LogP contribution >= 0.6 is 0 Å². The number of benzene rings is 1. The number of aromatic nitrogens is 1. The number of likely N-dealkylation sites (tertiary alicyclic amines) is 1. The van der Waals surface area contributed by atoms with Crippen LogP contribution in [0.1, 0.15) is 46.1 Å². The minimum atomic E-state index is -0.462. The Kier molecular flexibility index (Phi) is 6.31. The third-order valence-corrected chi connectivity index (χ3v) is 6.33. The fraction of sp³-hybridized carbons (Fsp3) is 0.538. The summed E-state index contributed by atoms with van der Waals surface area (Å²) in [7, 11) is 0. The Morgan fingerprint density at radius 1 is 1.25 bits per heavy atom. The molecule has 1 aromatic carbocycles. The van der Waals surface area contributed by atoms with Crippen LogP contribution in [0, 0.1) is 5.92 Å². The molecular formula is C26H35N3O3. The van der Waals surface area contributed by atoms with Crippen LogP contribution in [0.15, 0.2) is 36.5 Å². The van der Waals surface area contributed by atoms with Gasteiger partial charge in [0.1, 0.15) is 12.2 Å². The maximum Gasteiger partial charge on any atom is 0.410 e. The first-order valence-corrected chi connectivity index (χ1v) is 11.7. The zero-order valence-electron chi connectivity index (χ0n) is 19.8. The van der Waals surface area contributed by atoms with Crippen molar-refractivity contribution >= 4 is 22.7 Å². The lowest BCUT2D eigenvalue weighted by Crippen LogP contribution is -2.43. The Morgan fingerprint density at radius 2 is 2.00 bits per heavy atom. The molecule has 4 rings (SSSR count). The Labute approximate surface area is 191 Å². The fourth-order valence-electron chi connectivity index (χ4n) is 4.57. The molecule has 0 saturated carbocycles. The van der Waals surface area contributed by atoms with Crippen molar-refractivity contribution < 1.29 is 14.3 Å². The molecule has 0 unspecified atom stereocenters. The van der Waals surface area contributed by atoms with Crippen molar-refractivity contribution in [2.45, 2.75) is 52.6 Å². The highest BCUT2D eigenvalue weighted by molar-refractivity contribution is 5.95. The van der Waals surface area contributed by atoms with Crippen molar-refractivity contribution in [1.82, 2.24) is 9.88 Å². The lowest BCUT2D eigenvalue weighted by atomic mass is 9.89. The Balaban J connectivity index is 1.45. The van der Waals surface area contributed by atoms with Gasteiger partial charge in [-0.25, -0.2) is 4.79 Å². The lowest BCUT2D eigenvalue weighted by molar-refractivity contribution is 0.0194. The number of nitrogens with zero attached hydrogens (tertiary/aromatic N) is 3. The number of hydrogen-bond donors (Lipinski definition) is 0. The number of carbonyl (C=O) groups is 1. The lowest BCUT2D eigenvalue weighted by Gasteiger charge is -2.37. The summed E-state index contributed by atoms with van der Waals surface area (Å²) in [5.41, 5.74) is 4.18. The van der Waals surface area contributed by atoms with Crippen LogP contribution in [-0.4, -0.2) is 54.4 Å². The van der Waals surface area contributed by atoms with Crippen molar-refractivity contribution in [3.63, 3.8) is 0 Å². The SMILES string of the molecule is C=C(CN1CCOc2cnc3ccc(CC)cc3c21)C1CCN(C(=O)OC(C)(C)C)CC1. The normalized spacial score (nSPS) is 17.1. The number of fused-ring (bicyclic) bond motifs is 3. The van der Waals surface area contributed by atoms with Gasteiger partial charge in [-0.05, 0) is 63.6 Å². The summed E-state index contributed by atoms with van der Waals surface area (Å²) >= 11 is 0. The number of hydrogen-bond acceptors (Lipinski definition) is 5. The maximum absolute atomic E-state index is 12.4. The first-order valence-electron chi connectivity index (χ1n) is 11.7. The molecule has 32 heavy (non-hydrogen) atoms. The van der Waals surface area contributed by atoms with Gasteiger partial charge < -0.3 is 19.3 Å². The average Bonchev–Trinajstić information content (AvgIpc) is 2.77. The second-order valence-corrected chi connectivity index (χ2v) is 9.85. The molecule has 6 nitrogen and oxygen atoms in total. The molecule has 0 bridgehead atoms. The van der Waals surface area contributed by atoms with Crippen LogP contribution in [0.5, 0.6) is 5.75 Å². The third-order valence-electron chi connectivity index (χ3n) is 6.33. The molecule has 2 aliphatic rings. The van der Waals surface area contributed by atoms with Gasteiger partial charge in [0.05, 0.1) is 23.9 Å². The van der Waals surface area contributed by atoms with E-state index in [9.17, 15) is 4.79 Å². The van der Waals surface area contributed by atoms with Crippen molar-refractivity contribution in [3.05, 3.63) is 42.1 Å². The molecule has 6 heteroatoms. The van der Waals surface area contributed by atoms with Gasteiger partial charge in [-0.15, -0.1) is 0 Å². The van der Waals surface area contributed by atoms with Crippen LogP contribution in [-0.2, 0) is 11.2 Å². The molecule has 1 amide bonds. The van der Waals surface area contributed by atoms with Gasteiger partial charge in [-0.1, -0.05) is 25.1 Å². The number of rotatable bonds is 4. The van der Waals surface area contributed by atoms with E-state index in [1.165, 1.54) is 11.1 Å². The number of aryl methyl sites for hydroxylation is 1. The summed E-state index contributed by atoms with van der Waals surface area (Å²) in [4.78, 5) is 21.2. The highest BCUT2D eigenvalue weighted by Gasteiger charge is 2.29. The van der Waals surface area contributed by atoms with E-state index in [0.717, 1.165) is 54.7 Å². The summed E-state index contributed by atoms with van der Waals surface area (Å²) in [5.74, 6) is 1.25. The smallest absolute Gasteiger partial charge is 0.410 e. The minimum Gasteiger partial charge on any atom is -0.488 e. The van der Waals surface area contributed by atoms with E-state index in [1.807, 2.05) is 31.9 Å². The first kappa shape index (κ1) is 22.4. The fourth-order valence-corrected chi connectivity index (χ4v) is 4.57. The Morgan fingerprint density at radius 3 is 2.69 bits per heavy atom. The largest absolute Gasteiger partial charge is 0.488 e. The second-order valence-electron chi connectivity index (χ2n) is 9.85. The van der Waals surface area contributed by atoms with Gasteiger partial charge in [0.15, 0.2) is 5.75 Å². The van der Waals surface area contributed by atoms with E-state index < -0.39 is 5.60 Å². The van der Waals surface area contributed by atoms with E-state index in [4.69, 9.17) is 9.47 Å². The highest BCUT2D eigenvalue weighted by Crippen LogP contribution is 2.39. The standard InChI is InChI=1S/C26H35N3O3/c1-6-19-7-8-22-21(15-19)24-23(16-27-22)31-14-13-29(24)17-18(2)20-9-11-28(12-10-20)25(30)32-26(3,4)5/h7-8,15-16,20H,2,6,9-14,17H2,1,3-5H3. The van der Waals surface area contributed by atoms with Crippen molar-refractivity contribution in [2.75, 3.05) is 37.7 Å². The predicted octanol–water partition coefficient (Wildman–Crippen LogP) is 5.20. The zero-order valence-corrected chi connectivity index (χ0v) is 19.8. The number of amides is 1. The number of pyridine rings is 1. The molecule has 0 radical (unpaired) electrons. The molecule has 1 saturated heterocycles. The minimum absolute atomic E-state index is 0.214. The predicted molar refractivity (Wildman–Crippen MR) is 129 cm³/mol. The number of piperidine rings is 1. The van der Waals surface area contributed by atoms with Crippen molar-refractivity contribution in [1.29, 1.82) is 0 Å². The molecule has 2 aromatic rings. The number of anilines is 1. The molecule has 172 valence electrons. The number of ether oxygens (including phenoxy) is 2. The molecular weight excluding hydrogens is 402 g/mol. The molecule has 2 aliphatic heterocycles. The number of carbonyl (C=O) groups excluding carboxylic acids is 1. The van der Waals surface area contributed by atoms with Gasteiger partial charge in [0.2, 0.25) is 0 Å². The Bertz CT molecular complexity index is 998. The van der Waals surface area contributed by atoms with Gasteiger partial charge in [-0.3, -0.25) is 4.98 Å². The van der Waals surface area contributed by atoms with Gasteiger partial charge in [0.25, 0.3) is 0 Å². The highest BCUT2D eigenvalue weighted by atomic mass is 16.6. The average molecular weight is 438 g/mol. The van der Waals surface area contributed by atoms with E-state index in [-0.39, 0.29) is 6.09 Å². The van der Waals surface area contributed by atoms with Crippen molar-refractivity contribution in [3.8, 4) is 5.75 Å². The molecule has 0 aliphatic carbocycles. The van der Waals surface area contributed by atoms with Crippen LogP contribution in [0.4, 0.5) is 10.5 Å². The van der Waals surface area contributed by atoms with E-state index in [2.05, 4.69) is 41.6 Å². The summed E-state index contributed by atoms with van der Waals surface area (Å²) in [6.07, 6.45) is 4.47. The summed E-state index contributed by atoms with van der Waals surface area (Å²) in [6, 6.07) is 6.49. The molecule has 0 atom stereocenters. The van der Waals surface area contributed by atoms with E-state index in [0.29, 0.717) is 25.6 Å². The van der Waals surface area contributed by atoms with Crippen molar-refractivity contribution in [2.24, 2.45) is 5.92 Å². The van der Waals surface area contributed by atoms with Crippen LogP contribution in [0.3, 0.4) is 0 Å². The summed E-state index contributed by atoms with van der Waals surface area (Å²) < 4.78 is 11.5. The molecule has 3 heterocycles. The topological polar surface area (TPSA) is 54.9 Å². The van der Waals surface area contributed by atoms with Gasteiger partial charge in [0, 0.05) is 25.0 Å². The van der Waals surface area contributed by atoms with Gasteiger partial charge >= 0.3 is 6.09 Å². The van der Waals surface area contributed by atoms with E-state index >= 15 is 0 Å².